The Morgan fingerprint density at radius 3 is 2.13 bits per heavy atom. The van der Waals surface area contributed by atoms with Gasteiger partial charge in [-0.1, -0.05) is 0 Å². The average Bonchev–Trinajstić information content (AvgIpc) is 3.45. The molecule has 1 atom stereocenters. The van der Waals surface area contributed by atoms with E-state index in [9.17, 15) is 22.8 Å². The van der Waals surface area contributed by atoms with Crippen LogP contribution in [0.5, 0.6) is 0 Å². The minimum atomic E-state index is -4.41. The first-order valence-electron chi connectivity index (χ1n) is 11.3. The van der Waals surface area contributed by atoms with Gasteiger partial charge in [0.1, 0.15) is 0 Å². The van der Waals surface area contributed by atoms with Gasteiger partial charge in [0.25, 0.3) is 5.91 Å². The number of halogens is 3. The lowest BCUT2D eigenvalue weighted by atomic mass is 9.94. The Kier molecular flexibility index (Phi) is 6.55. The van der Waals surface area contributed by atoms with E-state index in [1.54, 1.807) is 4.90 Å². The van der Waals surface area contributed by atoms with Gasteiger partial charge in [-0.25, -0.2) is 0 Å². The molecule has 0 aromatic heterocycles. The first-order valence-corrected chi connectivity index (χ1v) is 11.3. The standard InChI is InChI=1S/C23H30F3N3O2/c24-23(25,26)19-7-5-17(6-8-19)21(30)28-14-9-18(10-15-28)22(31)29-13-3-4-20(29)16-27-11-1-2-12-27/h5-8,18,20H,1-4,9-16H2. The van der Waals surface area contributed by atoms with E-state index in [-0.39, 0.29) is 23.3 Å². The molecule has 4 rings (SSSR count). The molecule has 0 aliphatic carbocycles. The molecule has 1 aromatic rings. The molecule has 3 saturated heterocycles. The van der Waals surface area contributed by atoms with E-state index >= 15 is 0 Å². The summed E-state index contributed by atoms with van der Waals surface area (Å²) >= 11 is 0. The van der Waals surface area contributed by atoms with Crippen molar-refractivity contribution in [3.8, 4) is 0 Å². The number of hydrogen-bond acceptors (Lipinski definition) is 3. The SMILES string of the molecule is O=C(c1ccc(C(F)(F)F)cc1)N1CCC(C(=O)N2CCCC2CN2CCCC2)CC1. The van der Waals surface area contributed by atoms with E-state index in [4.69, 9.17) is 0 Å². The normalized spacial score (nSPS) is 23.5. The van der Waals surface area contributed by atoms with Crippen molar-refractivity contribution >= 4 is 11.8 Å². The number of amides is 2. The van der Waals surface area contributed by atoms with Crippen molar-refractivity contribution in [2.24, 2.45) is 5.92 Å². The van der Waals surface area contributed by atoms with Gasteiger partial charge in [-0.15, -0.1) is 0 Å². The lowest BCUT2D eigenvalue weighted by Gasteiger charge is -2.36. The molecule has 5 nitrogen and oxygen atoms in total. The summed E-state index contributed by atoms with van der Waals surface area (Å²) in [6.45, 7) is 4.97. The van der Waals surface area contributed by atoms with Crippen molar-refractivity contribution < 1.29 is 22.8 Å². The van der Waals surface area contributed by atoms with Crippen LogP contribution in [0.25, 0.3) is 0 Å². The zero-order valence-electron chi connectivity index (χ0n) is 17.7. The van der Waals surface area contributed by atoms with Gasteiger partial charge in [-0.2, -0.15) is 13.2 Å². The number of nitrogens with zero attached hydrogens (tertiary/aromatic N) is 3. The molecule has 2 amide bonds. The summed E-state index contributed by atoms with van der Waals surface area (Å²) < 4.78 is 38.2. The van der Waals surface area contributed by atoms with E-state index in [0.29, 0.717) is 32.0 Å². The second-order valence-electron chi connectivity index (χ2n) is 8.98. The molecule has 3 aliphatic rings. The molecule has 3 heterocycles. The molecular weight excluding hydrogens is 407 g/mol. The smallest absolute Gasteiger partial charge is 0.339 e. The van der Waals surface area contributed by atoms with Crippen molar-refractivity contribution in [2.75, 3.05) is 39.3 Å². The van der Waals surface area contributed by atoms with Gasteiger partial charge in [-0.05, 0) is 75.9 Å². The lowest BCUT2D eigenvalue weighted by Crippen LogP contribution is -2.48. The van der Waals surface area contributed by atoms with Gasteiger partial charge < -0.3 is 14.7 Å². The maximum atomic E-state index is 13.2. The van der Waals surface area contributed by atoms with Crippen LogP contribution in [0.4, 0.5) is 13.2 Å². The number of rotatable bonds is 4. The van der Waals surface area contributed by atoms with E-state index < -0.39 is 11.7 Å². The van der Waals surface area contributed by atoms with Crippen molar-refractivity contribution in [3.05, 3.63) is 35.4 Å². The van der Waals surface area contributed by atoms with Crippen LogP contribution in [0, 0.1) is 5.92 Å². The highest BCUT2D eigenvalue weighted by molar-refractivity contribution is 5.94. The highest BCUT2D eigenvalue weighted by atomic mass is 19.4. The summed E-state index contributed by atoms with van der Waals surface area (Å²) in [6.07, 6.45) is 1.40. The Morgan fingerprint density at radius 2 is 1.52 bits per heavy atom. The van der Waals surface area contributed by atoms with Gasteiger partial charge in [0, 0.05) is 43.7 Å². The van der Waals surface area contributed by atoms with Crippen LogP contribution in [0.1, 0.15) is 54.4 Å². The van der Waals surface area contributed by atoms with Crippen molar-refractivity contribution in [1.82, 2.24) is 14.7 Å². The van der Waals surface area contributed by atoms with Gasteiger partial charge in [0.2, 0.25) is 5.91 Å². The topological polar surface area (TPSA) is 43.9 Å². The number of likely N-dealkylation sites (tertiary alicyclic amines) is 3. The molecular formula is C23H30F3N3O2. The molecule has 3 fully saturated rings. The maximum Gasteiger partial charge on any atom is 0.416 e. The molecule has 0 saturated carbocycles. The van der Waals surface area contributed by atoms with E-state index in [2.05, 4.69) is 9.80 Å². The minimum absolute atomic E-state index is 0.0733. The Labute approximate surface area is 181 Å². The number of benzene rings is 1. The number of hydrogen-bond donors (Lipinski definition) is 0. The Morgan fingerprint density at radius 1 is 0.871 bits per heavy atom. The molecule has 0 bridgehead atoms. The molecule has 8 heteroatoms. The number of piperidine rings is 1. The first-order chi connectivity index (χ1) is 14.8. The largest absolute Gasteiger partial charge is 0.416 e. The molecule has 1 aromatic carbocycles. The summed E-state index contributed by atoms with van der Waals surface area (Å²) in [7, 11) is 0. The summed E-state index contributed by atoms with van der Waals surface area (Å²) in [5.41, 5.74) is -0.509. The summed E-state index contributed by atoms with van der Waals surface area (Å²) in [6, 6.07) is 4.65. The number of alkyl halides is 3. The Hall–Kier alpha value is -2.09. The highest BCUT2D eigenvalue weighted by Crippen LogP contribution is 2.30. The first kappa shape index (κ1) is 22.1. The van der Waals surface area contributed by atoms with Crippen LogP contribution in [-0.2, 0) is 11.0 Å². The van der Waals surface area contributed by atoms with Crippen molar-refractivity contribution in [2.45, 2.75) is 50.7 Å². The van der Waals surface area contributed by atoms with Crippen LogP contribution < -0.4 is 0 Å². The fourth-order valence-electron chi connectivity index (χ4n) is 5.13. The summed E-state index contributed by atoms with van der Waals surface area (Å²) in [4.78, 5) is 32.0. The predicted molar refractivity (Wildman–Crippen MR) is 110 cm³/mol. The van der Waals surface area contributed by atoms with Gasteiger partial charge in [0.15, 0.2) is 0 Å². The van der Waals surface area contributed by atoms with E-state index in [1.807, 2.05) is 0 Å². The zero-order chi connectivity index (χ0) is 22.0. The van der Waals surface area contributed by atoms with E-state index in [1.165, 1.54) is 25.0 Å². The molecule has 0 N–H and O–H groups in total. The lowest BCUT2D eigenvalue weighted by molar-refractivity contribution is -0.138. The summed E-state index contributed by atoms with van der Waals surface area (Å²) in [5, 5.41) is 0. The van der Waals surface area contributed by atoms with Gasteiger partial charge in [-0.3, -0.25) is 9.59 Å². The summed E-state index contributed by atoms with van der Waals surface area (Å²) in [5.74, 6) is -0.133. The van der Waals surface area contributed by atoms with Gasteiger partial charge >= 0.3 is 6.18 Å². The molecule has 3 aliphatic heterocycles. The Balaban J connectivity index is 1.30. The molecule has 170 valence electrons. The van der Waals surface area contributed by atoms with Crippen LogP contribution in [0.15, 0.2) is 24.3 Å². The highest BCUT2D eigenvalue weighted by Gasteiger charge is 2.36. The average molecular weight is 438 g/mol. The fraction of sp³-hybridized carbons (Fsp3) is 0.652. The van der Waals surface area contributed by atoms with E-state index in [0.717, 1.165) is 51.2 Å². The van der Waals surface area contributed by atoms with Gasteiger partial charge in [0.05, 0.1) is 5.56 Å². The third-order valence-electron chi connectivity index (χ3n) is 6.92. The van der Waals surface area contributed by atoms with Crippen LogP contribution in [0.3, 0.4) is 0 Å². The predicted octanol–water partition coefficient (Wildman–Crippen LogP) is 3.64. The number of carbonyl (C=O) groups excluding carboxylic acids is 2. The third kappa shape index (κ3) is 5.05. The third-order valence-corrected chi connectivity index (χ3v) is 6.92. The molecule has 0 radical (unpaired) electrons. The fourth-order valence-corrected chi connectivity index (χ4v) is 5.13. The van der Waals surface area contributed by atoms with Crippen LogP contribution >= 0.6 is 0 Å². The molecule has 31 heavy (non-hydrogen) atoms. The zero-order valence-corrected chi connectivity index (χ0v) is 17.7. The van der Waals surface area contributed by atoms with Crippen molar-refractivity contribution in [1.29, 1.82) is 0 Å². The molecule has 0 spiro atoms. The second-order valence-corrected chi connectivity index (χ2v) is 8.98. The quantitative estimate of drug-likeness (QED) is 0.723. The van der Waals surface area contributed by atoms with Crippen LogP contribution in [-0.4, -0.2) is 71.8 Å². The van der Waals surface area contributed by atoms with Crippen molar-refractivity contribution in [3.63, 3.8) is 0 Å². The Bertz CT molecular complexity index is 782. The minimum Gasteiger partial charge on any atom is -0.339 e. The maximum absolute atomic E-state index is 13.2. The monoisotopic (exact) mass is 437 g/mol. The number of carbonyl (C=O) groups is 2. The molecule has 1 unspecified atom stereocenters. The second kappa shape index (κ2) is 9.18. The van der Waals surface area contributed by atoms with Crippen LogP contribution in [0.2, 0.25) is 0 Å².